The highest BCUT2D eigenvalue weighted by Crippen LogP contribution is 2.20. The number of aryl methyl sites for hydroxylation is 1. The average Bonchev–Trinajstić information content (AvgIpc) is 2.50. The van der Waals surface area contributed by atoms with Crippen molar-refractivity contribution in [1.82, 2.24) is 5.32 Å². The zero-order valence-electron chi connectivity index (χ0n) is 12.7. The van der Waals surface area contributed by atoms with Crippen molar-refractivity contribution in [2.75, 3.05) is 19.0 Å². The fourth-order valence-corrected chi connectivity index (χ4v) is 2.60. The molecule has 0 spiro atoms. The lowest BCUT2D eigenvalue weighted by Crippen LogP contribution is -2.28. The Morgan fingerprint density at radius 1 is 1.23 bits per heavy atom. The summed E-state index contributed by atoms with van der Waals surface area (Å²) in [5.41, 5.74) is 2.87. The highest BCUT2D eigenvalue weighted by Gasteiger charge is 2.06. The normalized spacial score (nSPS) is 10.3. The number of carbonyl (C=O) groups is 1. The topological polar surface area (TPSA) is 50.4 Å². The van der Waals surface area contributed by atoms with Crippen molar-refractivity contribution < 1.29 is 9.53 Å². The number of amides is 1. The Kier molecular flexibility index (Phi) is 5.98. The summed E-state index contributed by atoms with van der Waals surface area (Å²) in [5.74, 6) is 0.750. The van der Waals surface area contributed by atoms with Gasteiger partial charge < -0.3 is 15.4 Å². The second kappa shape index (κ2) is 7.96. The molecule has 4 nitrogen and oxygen atoms in total. The number of nitrogens with one attached hydrogen (secondary N) is 2. The van der Waals surface area contributed by atoms with Crippen LogP contribution >= 0.6 is 15.9 Å². The highest BCUT2D eigenvalue weighted by atomic mass is 79.9. The van der Waals surface area contributed by atoms with E-state index in [1.165, 1.54) is 0 Å². The van der Waals surface area contributed by atoms with Crippen LogP contribution in [0.2, 0.25) is 0 Å². The second-order valence-corrected chi connectivity index (χ2v) is 5.84. The summed E-state index contributed by atoms with van der Waals surface area (Å²) in [6, 6.07) is 13.5. The van der Waals surface area contributed by atoms with Gasteiger partial charge in [-0.2, -0.15) is 0 Å². The number of rotatable bonds is 6. The Hall–Kier alpha value is -1.85. The second-order valence-electron chi connectivity index (χ2n) is 4.92. The maximum atomic E-state index is 12.0. The van der Waals surface area contributed by atoms with Crippen LogP contribution in [0, 0.1) is 6.92 Å². The maximum Gasteiger partial charge on any atom is 0.238 e. The number of carbonyl (C=O) groups excluding carboxylic acids is 1. The molecule has 22 heavy (non-hydrogen) atoms. The first-order valence-electron chi connectivity index (χ1n) is 6.99. The van der Waals surface area contributed by atoms with E-state index >= 15 is 0 Å². The molecule has 0 heterocycles. The average molecular weight is 363 g/mol. The van der Waals surface area contributed by atoms with E-state index in [9.17, 15) is 4.79 Å². The Labute approximate surface area is 139 Å². The van der Waals surface area contributed by atoms with Crippen LogP contribution in [0.3, 0.4) is 0 Å². The summed E-state index contributed by atoms with van der Waals surface area (Å²) in [6.45, 7) is 2.78. The summed E-state index contributed by atoms with van der Waals surface area (Å²) in [7, 11) is 1.64. The Morgan fingerprint density at radius 3 is 2.73 bits per heavy atom. The van der Waals surface area contributed by atoms with E-state index in [1.54, 1.807) is 7.11 Å². The predicted molar refractivity (Wildman–Crippen MR) is 92.2 cm³/mol. The molecule has 0 aliphatic heterocycles. The van der Waals surface area contributed by atoms with Gasteiger partial charge in [0.15, 0.2) is 0 Å². The van der Waals surface area contributed by atoms with Crippen molar-refractivity contribution in [3.05, 3.63) is 58.1 Å². The lowest BCUT2D eigenvalue weighted by molar-refractivity contribution is -0.115. The van der Waals surface area contributed by atoms with Crippen LogP contribution in [0.15, 0.2) is 46.9 Å². The number of anilines is 1. The molecule has 5 heteroatoms. The van der Waals surface area contributed by atoms with Gasteiger partial charge in [-0.15, -0.1) is 0 Å². The molecule has 0 aromatic heterocycles. The number of para-hydroxylation sites is 1. The van der Waals surface area contributed by atoms with Crippen molar-refractivity contribution in [3.8, 4) is 5.75 Å². The molecule has 0 bridgehead atoms. The first-order chi connectivity index (χ1) is 10.6. The zero-order valence-corrected chi connectivity index (χ0v) is 14.2. The van der Waals surface area contributed by atoms with Crippen molar-refractivity contribution in [3.63, 3.8) is 0 Å². The molecule has 2 N–H and O–H groups in total. The predicted octanol–water partition coefficient (Wildman–Crippen LogP) is 3.49. The summed E-state index contributed by atoms with van der Waals surface area (Å²) in [5, 5.41) is 6.02. The zero-order chi connectivity index (χ0) is 15.9. The molecule has 0 saturated heterocycles. The fourth-order valence-electron chi connectivity index (χ4n) is 2.12. The molecular weight excluding hydrogens is 344 g/mol. The molecule has 0 saturated carbocycles. The number of hydrogen-bond donors (Lipinski definition) is 2. The quantitative estimate of drug-likeness (QED) is 0.826. The van der Waals surface area contributed by atoms with Crippen molar-refractivity contribution in [2.24, 2.45) is 0 Å². The van der Waals surface area contributed by atoms with E-state index in [2.05, 4.69) is 26.6 Å². The fraction of sp³-hybridized carbons (Fsp3) is 0.235. The summed E-state index contributed by atoms with van der Waals surface area (Å²) in [6.07, 6.45) is 0. The largest absolute Gasteiger partial charge is 0.496 e. The first-order valence-corrected chi connectivity index (χ1v) is 7.78. The SMILES string of the molecule is COc1ccccc1CNCC(=O)Nc1ccc(Br)cc1C. The number of ether oxygens (including phenoxy) is 1. The molecular formula is C17H19BrN2O2. The van der Waals surface area contributed by atoms with Gasteiger partial charge in [0.2, 0.25) is 5.91 Å². The van der Waals surface area contributed by atoms with E-state index in [0.717, 1.165) is 27.0 Å². The van der Waals surface area contributed by atoms with Gasteiger partial charge in [-0.3, -0.25) is 4.79 Å². The van der Waals surface area contributed by atoms with Gasteiger partial charge in [-0.05, 0) is 36.8 Å². The van der Waals surface area contributed by atoms with E-state index in [-0.39, 0.29) is 12.5 Å². The van der Waals surface area contributed by atoms with E-state index in [4.69, 9.17) is 4.74 Å². The lowest BCUT2D eigenvalue weighted by Gasteiger charge is -2.11. The molecule has 0 radical (unpaired) electrons. The van der Waals surface area contributed by atoms with Gasteiger partial charge >= 0.3 is 0 Å². The third-order valence-corrected chi connectivity index (χ3v) is 3.75. The molecule has 0 atom stereocenters. The molecule has 2 aromatic rings. The monoisotopic (exact) mass is 362 g/mol. The van der Waals surface area contributed by atoms with Crippen LogP contribution in [-0.4, -0.2) is 19.6 Å². The van der Waals surface area contributed by atoms with Crippen LogP contribution in [0.25, 0.3) is 0 Å². The van der Waals surface area contributed by atoms with Gasteiger partial charge in [-0.25, -0.2) is 0 Å². The van der Waals surface area contributed by atoms with Crippen molar-refractivity contribution >= 4 is 27.5 Å². The van der Waals surface area contributed by atoms with E-state index in [0.29, 0.717) is 6.54 Å². The van der Waals surface area contributed by atoms with Crippen LogP contribution in [0.1, 0.15) is 11.1 Å². The third-order valence-electron chi connectivity index (χ3n) is 3.26. The Balaban J connectivity index is 1.85. The summed E-state index contributed by atoms with van der Waals surface area (Å²) < 4.78 is 6.28. The minimum atomic E-state index is -0.0691. The van der Waals surface area contributed by atoms with Gasteiger partial charge in [0, 0.05) is 22.3 Å². The minimum absolute atomic E-state index is 0.0691. The van der Waals surface area contributed by atoms with Crippen LogP contribution in [0.5, 0.6) is 5.75 Å². The molecule has 2 aromatic carbocycles. The summed E-state index contributed by atoms with van der Waals surface area (Å²) in [4.78, 5) is 12.0. The molecule has 0 aliphatic carbocycles. The van der Waals surface area contributed by atoms with Crippen LogP contribution < -0.4 is 15.4 Å². The molecule has 1 amide bonds. The first kappa shape index (κ1) is 16.5. The molecule has 116 valence electrons. The Morgan fingerprint density at radius 2 is 2.00 bits per heavy atom. The Bertz CT molecular complexity index is 659. The standard InChI is InChI=1S/C17H19BrN2O2/c1-12-9-14(18)7-8-15(12)20-17(21)11-19-10-13-5-3-4-6-16(13)22-2/h3-9,19H,10-11H2,1-2H3,(H,20,21). The van der Waals surface area contributed by atoms with Gasteiger partial charge in [-0.1, -0.05) is 34.1 Å². The van der Waals surface area contributed by atoms with Crippen molar-refractivity contribution in [1.29, 1.82) is 0 Å². The van der Waals surface area contributed by atoms with Gasteiger partial charge in [0.05, 0.1) is 13.7 Å². The number of benzene rings is 2. The maximum absolute atomic E-state index is 12.0. The smallest absolute Gasteiger partial charge is 0.238 e. The van der Waals surface area contributed by atoms with Crippen molar-refractivity contribution in [2.45, 2.75) is 13.5 Å². The summed E-state index contributed by atoms with van der Waals surface area (Å²) >= 11 is 3.41. The molecule has 2 rings (SSSR count). The lowest BCUT2D eigenvalue weighted by atomic mass is 10.2. The minimum Gasteiger partial charge on any atom is -0.496 e. The molecule has 0 fully saturated rings. The number of hydrogen-bond acceptors (Lipinski definition) is 3. The van der Waals surface area contributed by atoms with Gasteiger partial charge in [0.1, 0.15) is 5.75 Å². The van der Waals surface area contributed by atoms with E-state index < -0.39 is 0 Å². The molecule has 0 aliphatic rings. The number of halogens is 1. The number of methoxy groups -OCH3 is 1. The van der Waals surface area contributed by atoms with E-state index in [1.807, 2.05) is 49.4 Å². The van der Waals surface area contributed by atoms with Crippen LogP contribution in [0.4, 0.5) is 5.69 Å². The third kappa shape index (κ3) is 4.58. The molecule has 0 unspecified atom stereocenters. The highest BCUT2D eigenvalue weighted by molar-refractivity contribution is 9.10. The van der Waals surface area contributed by atoms with Gasteiger partial charge in [0.25, 0.3) is 0 Å². The van der Waals surface area contributed by atoms with Crippen LogP contribution in [-0.2, 0) is 11.3 Å².